The largest absolute Gasteiger partial charge is 0.463 e. The quantitative estimate of drug-likeness (QED) is 0.850. The van der Waals surface area contributed by atoms with Crippen LogP contribution in [0.25, 0.3) is 0 Å². The smallest absolute Gasteiger partial charge is 0.323 e. The third kappa shape index (κ3) is 3.44. The van der Waals surface area contributed by atoms with E-state index in [1.807, 2.05) is 6.92 Å². The summed E-state index contributed by atoms with van der Waals surface area (Å²) in [6.07, 6.45) is 0.920. The van der Waals surface area contributed by atoms with Gasteiger partial charge in [-0.3, -0.25) is 0 Å². The molecule has 2 heterocycles. The third-order valence-corrected chi connectivity index (χ3v) is 2.89. The fraction of sp³-hybridized carbons (Fsp3) is 0.750. The molecule has 1 N–H and O–H groups in total. The fourth-order valence-electron chi connectivity index (χ4n) is 1.87. The zero-order valence-corrected chi connectivity index (χ0v) is 11.7. The predicted molar refractivity (Wildman–Crippen MR) is 72.8 cm³/mol. The van der Waals surface area contributed by atoms with E-state index in [1.165, 1.54) is 0 Å². The first kappa shape index (κ1) is 13.8. The van der Waals surface area contributed by atoms with E-state index >= 15 is 0 Å². The number of hydrogen-bond acceptors (Lipinski definition) is 7. The van der Waals surface area contributed by atoms with E-state index in [4.69, 9.17) is 9.47 Å². The third-order valence-electron chi connectivity index (χ3n) is 2.89. The molecule has 1 aliphatic heterocycles. The van der Waals surface area contributed by atoms with Gasteiger partial charge in [-0.1, -0.05) is 6.92 Å². The van der Waals surface area contributed by atoms with Crippen molar-refractivity contribution in [1.82, 2.24) is 15.0 Å². The van der Waals surface area contributed by atoms with Gasteiger partial charge in [-0.15, -0.1) is 0 Å². The molecule has 1 atom stereocenters. The lowest BCUT2D eigenvalue weighted by molar-refractivity contribution is 0.0979. The molecule has 0 radical (unpaired) electrons. The van der Waals surface area contributed by atoms with E-state index < -0.39 is 0 Å². The topological polar surface area (TPSA) is 72.4 Å². The summed E-state index contributed by atoms with van der Waals surface area (Å²) >= 11 is 0. The van der Waals surface area contributed by atoms with Gasteiger partial charge >= 0.3 is 6.01 Å². The van der Waals surface area contributed by atoms with Crippen LogP contribution in [0.1, 0.15) is 20.3 Å². The van der Waals surface area contributed by atoms with Gasteiger partial charge in [0.05, 0.1) is 25.9 Å². The van der Waals surface area contributed by atoms with Gasteiger partial charge in [-0.2, -0.15) is 15.0 Å². The normalized spacial score (nSPS) is 19.3. The maximum Gasteiger partial charge on any atom is 0.323 e. The average Bonchev–Trinajstić information content (AvgIpc) is 2.45. The molecule has 0 saturated carbocycles. The summed E-state index contributed by atoms with van der Waals surface area (Å²) in [6.45, 7) is 6.90. The first-order valence-electron chi connectivity index (χ1n) is 6.65. The minimum atomic E-state index is 0.250. The van der Waals surface area contributed by atoms with Crippen LogP contribution >= 0.6 is 0 Å². The van der Waals surface area contributed by atoms with Crippen molar-refractivity contribution in [3.05, 3.63) is 0 Å². The maximum absolute atomic E-state index is 5.50. The minimum absolute atomic E-state index is 0.250. The molecular formula is C12H21N5O2. The SMILES string of the molecule is CCCOc1nc(NC)nc(N2CCOCC2C)n1. The van der Waals surface area contributed by atoms with Crippen LogP contribution in [-0.2, 0) is 4.74 Å². The van der Waals surface area contributed by atoms with E-state index in [0.717, 1.165) is 13.0 Å². The number of anilines is 2. The highest BCUT2D eigenvalue weighted by Crippen LogP contribution is 2.19. The first-order chi connectivity index (χ1) is 9.24. The van der Waals surface area contributed by atoms with Crippen LogP contribution in [0.15, 0.2) is 0 Å². The van der Waals surface area contributed by atoms with Crippen LogP contribution in [0, 0.1) is 0 Å². The Morgan fingerprint density at radius 3 is 2.95 bits per heavy atom. The lowest BCUT2D eigenvalue weighted by Gasteiger charge is -2.33. The van der Waals surface area contributed by atoms with Crippen LogP contribution in [0.5, 0.6) is 6.01 Å². The highest BCUT2D eigenvalue weighted by Gasteiger charge is 2.22. The van der Waals surface area contributed by atoms with Crippen molar-refractivity contribution in [2.75, 3.05) is 43.6 Å². The van der Waals surface area contributed by atoms with Gasteiger partial charge in [-0.25, -0.2) is 0 Å². The molecule has 0 bridgehead atoms. The summed E-state index contributed by atoms with van der Waals surface area (Å²) in [5.74, 6) is 1.16. The molecule has 7 heteroatoms. The number of nitrogens with one attached hydrogen (secondary N) is 1. The summed E-state index contributed by atoms with van der Waals surface area (Å²) in [5.41, 5.74) is 0. The van der Waals surface area contributed by atoms with Crippen LogP contribution in [0.4, 0.5) is 11.9 Å². The van der Waals surface area contributed by atoms with Crippen LogP contribution < -0.4 is 15.0 Å². The van der Waals surface area contributed by atoms with E-state index in [9.17, 15) is 0 Å². The van der Waals surface area contributed by atoms with Crippen molar-refractivity contribution in [2.45, 2.75) is 26.3 Å². The Morgan fingerprint density at radius 1 is 1.42 bits per heavy atom. The highest BCUT2D eigenvalue weighted by atomic mass is 16.5. The Morgan fingerprint density at radius 2 is 2.26 bits per heavy atom. The van der Waals surface area contributed by atoms with Crippen molar-refractivity contribution in [3.63, 3.8) is 0 Å². The summed E-state index contributed by atoms with van der Waals surface area (Å²) in [6, 6.07) is 0.620. The molecule has 1 aromatic heterocycles. The highest BCUT2D eigenvalue weighted by molar-refractivity contribution is 5.39. The van der Waals surface area contributed by atoms with Crippen LogP contribution in [0.3, 0.4) is 0 Å². The van der Waals surface area contributed by atoms with Gasteiger partial charge in [-0.05, 0) is 13.3 Å². The van der Waals surface area contributed by atoms with Gasteiger partial charge in [0.25, 0.3) is 0 Å². The first-order valence-corrected chi connectivity index (χ1v) is 6.65. The van der Waals surface area contributed by atoms with E-state index in [-0.39, 0.29) is 6.04 Å². The Bertz CT molecular complexity index is 415. The van der Waals surface area contributed by atoms with Crippen LogP contribution in [-0.4, -0.2) is 54.4 Å². The second-order valence-corrected chi connectivity index (χ2v) is 4.46. The second kappa shape index (κ2) is 6.51. The van der Waals surface area contributed by atoms with Crippen molar-refractivity contribution in [1.29, 1.82) is 0 Å². The summed E-state index contributed by atoms with van der Waals surface area (Å²) in [7, 11) is 1.78. The predicted octanol–water partition coefficient (Wildman–Crippen LogP) is 0.927. The Balaban J connectivity index is 2.22. The van der Waals surface area contributed by atoms with E-state index in [0.29, 0.717) is 37.7 Å². The molecule has 19 heavy (non-hydrogen) atoms. The summed E-state index contributed by atoms with van der Waals surface area (Å²) in [5, 5.41) is 2.94. The number of hydrogen-bond donors (Lipinski definition) is 1. The molecule has 0 aliphatic carbocycles. The molecule has 7 nitrogen and oxygen atoms in total. The fourth-order valence-corrected chi connectivity index (χ4v) is 1.87. The van der Waals surface area contributed by atoms with Gasteiger partial charge < -0.3 is 19.7 Å². The molecule has 2 rings (SSSR count). The number of nitrogens with zero attached hydrogens (tertiary/aromatic N) is 4. The standard InChI is InChI=1S/C12H21N5O2/c1-4-6-19-12-15-10(13-3)14-11(16-12)17-5-7-18-8-9(17)2/h9H,4-8H2,1-3H3,(H,13,14,15,16). The Kier molecular flexibility index (Phi) is 4.73. The molecule has 1 saturated heterocycles. The zero-order valence-electron chi connectivity index (χ0n) is 11.7. The van der Waals surface area contributed by atoms with Crippen molar-refractivity contribution in [3.8, 4) is 6.01 Å². The van der Waals surface area contributed by atoms with Gasteiger partial charge in [0, 0.05) is 13.6 Å². The lowest BCUT2D eigenvalue weighted by atomic mass is 10.3. The molecule has 106 valence electrons. The zero-order chi connectivity index (χ0) is 13.7. The summed E-state index contributed by atoms with van der Waals surface area (Å²) in [4.78, 5) is 15.1. The van der Waals surface area contributed by atoms with E-state index in [2.05, 4.69) is 32.1 Å². The van der Waals surface area contributed by atoms with E-state index in [1.54, 1.807) is 7.05 Å². The molecule has 0 aromatic carbocycles. The van der Waals surface area contributed by atoms with Gasteiger partial charge in [0.15, 0.2) is 0 Å². The lowest BCUT2D eigenvalue weighted by Crippen LogP contribution is -2.44. The number of morpholine rings is 1. The minimum Gasteiger partial charge on any atom is -0.463 e. The summed E-state index contributed by atoms with van der Waals surface area (Å²) < 4.78 is 10.9. The second-order valence-electron chi connectivity index (χ2n) is 4.46. The molecule has 1 aliphatic rings. The van der Waals surface area contributed by atoms with Crippen LogP contribution in [0.2, 0.25) is 0 Å². The molecule has 1 unspecified atom stereocenters. The Hall–Kier alpha value is -1.63. The molecule has 1 fully saturated rings. The van der Waals surface area contributed by atoms with Crippen molar-refractivity contribution in [2.24, 2.45) is 0 Å². The molecule has 1 aromatic rings. The number of ether oxygens (including phenoxy) is 2. The van der Waals surface area contributed by atoms with Crippen molar-refractivity contribution >= 4 is 11.9 Å². The molecular weight excluding hydrogens is 246 g/mol. The van der Waals surface area contributed by atoms with Gasteiger partial charge in [0.1, 0.15) is 0 Å². The number of rotatable bonds is 5. The maximum atomic E-state index is 5.50. The average molecular weight is 267 g/mol. The Labute approximate surface area is 113 Å². The van der Waals surface area contributed by atoms with Crippen molar-refractivity contribution < 1.29 is 9.47 Å². The monoisotopic (exact) mass is 267 g/mol. The van der Waals surface area contributed by atoms with Gasteiger partial charge in [0.2, 0.25) is 11.9 Å². The number of aromatic nitrogens is 3. The molecule has 0 spiro atoms. The molecule has 0 amide bonds.